The SMILES string of the molecule is CCS(=O)(=O)C1CCN(C(=O)c2cc3cc(C)c(C)cc3o2)CC1. The minimum absolute atomic E-state index is 0.158. The zero-order valence-corrected chi connectivity index (χ0v) is 15.1. The number of piperidine rings is 1. The lowest BCUT2D eigenvalue weighted by Gasteiger charge is -2.30. The molecule has 2 heterocycles. The Morgan fingerprint density at radius 3 is 2.42 bits per heavy atom. The van der Waals surface area contributed by atoms with Crippen molar-refractivity contribution in [3.05, 3.63) is 35.1 Å². The van der Waals surface area contributed by atoms with Gasteiger partial charge >= 0.3 is 0 Å². The van der Waals surface area contributed by atoms with Gasteiger partial charge in [-0.2, -0.15) is 0 Å². The van der Waals surface area contributed by atoms with Crippen molar-refractivity contribution in [3.8, 4) is 0 Å². The van der Waals surface area contributed by atoms with Crippen LogP contribution in [0.4, 0.5) is 0 Å². The Morgan fingerprint density at radius 1 is 1.17 bits per heavy atom. The van der Waals surface area contributed by atoms with Gasteiger partial charge in [0.2, 0.25) is 0 Å². The highest BCUT2D eigenvalue weighted by Crippen LogP contribution is 2.26. The molecule has 0 atom stereocenters. The second-order valence-electron chi connectivity index (χ2n) is 6.53. The quantitative estimate of drug-likeness (QED) is 0.854. The minimum atomic E-state index is -3.03. The van der Waals surface area contributed by atoms with E-state index in [4.69, 9.17) is 4.42 Å². The number of hydrogen-bond acceptors (Lipinski definition) is 4. The lowest BCUT2D eigenvalue weighted by molar-refractivity contribution is 0.0696. The number of amides is 1. The van der Waals surface area contributed by atoms with Crippen molar-refractivity contribution < 1.29 is 17.6 Å². The first-order valence-electron chi connectivity index (χ1n) is 8.33. The van der Waals surface area contributed by atoms with E-state index in [-0.39, 0.29) is 16.9 Å². The van der Waals surface area contributed by atoms with E-state index in [0.717, 1.165) is 16.5 Å². The van der Waals surface area contributed by atoms with Gasteiger partial charge in [-0.15, -0.1) is 0 Å². The monoisotopic (exact) mass is 349 g/mol. The highest BCUT2D eigenvalue weighted by molar-refractivity contribution is 7.92. The average molecular weight is 349 g/mol. The molecule has 1 amide bonds. The van der Waals surface area contributed by atoms with E-state index in [1.807, 2.05) is 26.0 Å². The second kappa shape index (κ2) is 6.24. The van der Waals surface area contributed by atoms with Crippen molar-refractivity contribution in [3.63, 3.8) is 0 Å². The lowest BCUT2D eigenvalue weighted by Crippen LogP contribution is -2.42. The first kappa shape index (κ1) is 17.0. The van der Waals surface area contributed by atoms with Gasteiger partial charge in [0.25, 0.3) is 5.91 Å². The summed E-state index contributed by atoms with van der Waals surface area (Å²) in [6.45, 7) is 6.63. The third-order valence-electron chi connectivity index (χ3n) is 4.98. The summed E-state index contributed by atoms with van der Waals surface area (Å²) in [5.41, 5.74) is 3.00. The van der Waals surface area contributed by atoms with E-state index < -0.39 is 9.84 Å². The summed E-state index contributed by atoms with van der Waals surface area (Å²) < 4.78 is 29.6. The molecule has 0 radical (unpaired) electrons. The molecule has 0 unspecified atom stereocenters. The molecule has 5 nitrogen and oxygen atoms in total. The van der Waals surface area contributed by atoms with Crippen LogP contribution in [0.1, 0.15) is 41.4 Å². The van der Waals surface area contributed by atoms with Crippen molar-refractivity contribution >= 4 is 26.7 Å². The highest BCUT2D eigenvalue weighted by Gasteiger charge is 2.31. The standard InChI is InChI=1S/C18H23NO4S/c1-4-24(21,22)15-5-7-19(8-6-15)18(20)17-11-14-9-12(2)13(3)10-16(14)23-17/h9-11,15H,4-8H2,1-3H3. The maximum atomic E-state index is 12.6. The Kier molecular flexibility index (Phi) is 4.42. The van der Waals surface area contributed by atoms with Crippen molar-refractivity contribution in [2.75, 3.05) is 18.8 Å². The zero-order chi connectivity index (χ0) is 17.5. The number of likely N-dealkylation sites (tertiary alicyclic amines) is 1. The predicted molar refractivity (Wildman–Crippen MR) is 94.1 cm³/mol. The van der Waals surface area contributed by atoms with Crippen LogP contribution >= 0.6 is 0 Å². The molecule has 1 saturated heterocycles. The number of benzene rings is 1. The highest BCUT2D eigenvalue weighted by atomic mass is 32.2. The molecule has 0 aliphatic carbocycles. The van der Waals surface area contributed by atoms with E-state index in [0.29, 0.717) is 37.3 Å². The average Bonchev–Trinajstić information content (AvgIpc) is 2.97. The fourth-order valence-electron chi connectivity index (χ4n) is 3.22. The molecule has 0 spiro atoms. The molecule has 0 saturated carbocycles. The molecule has 1 fully saturated rings. The van der Waals surface area contributed by atoms with Gasteiger partial charge in [-0.25, -0.2) is 8.42 Å². The molecule has 0 bridgehead atoms. The number of nitrogens with zero attached hydrogens (tertiary/aromatic N) is 1. The van der Waals surface area contributed by atoms with Crippen LogP contribution in [-0.4, -0.2) is 43.3 Å². The molecule has 1 aromatic carbocycles. The van der Waals surface area contributed by atoms with Crippen LogP contribution in [-0.2, 0) is 9.84 Å². The van der Waals surface area contributed by atoms with Gasteiger partial charge in [-0.3, -0.25) is 4.79 Å². The molecule has 6 heteroatoms. The van der Waals surface area contributed by atoms with Gasteiger partial charge in [0.15, 0.2) is 15.6 Å². The largest absolute Gasteiger partial charge is 0.451 e. The van der Waals surface area contributed by atoms with E-state index in [9.17, 15) is 13.2 Å². The maximum absolute atomic E-state index is 12.6. The lowest BCUT2D eigenvalue weighted by atomic mass is 10.1. The van der Waals surface area contributed by atoms with Crippen LogP contribution in [0.5, 0.6) is 0 Å². The summed E-state index contributed by atoms with van der Waals surface area (Å²) in [5.74, 6) is 0.328. The summed E-state index contributed by atoms with van der Waals surface area (Å²) in [6.07, 6.45) is 1.00. The molecule has 3 rings (SSSR count). The molecule has 1 aliphatic heterocycles. The van der Waals surface area contributed by atoms with Gasteiger partial charge in [-0.1, -0.05) is 6.92 Å². The number of fused-ring (bicyclic) bond motifs is 1. The Labute approximate surface area is 142 Å². The van der Waals surface area contributed by atoms with E-state index in [1.165, 1.54) is 0 Å². The van der Waals surface area contributed by atoms with E-state index in [2.05, 4.69) is 0 Å². The van der Waals surface area contributed by atoms with Crippen LogP contribution in [0.15, 0.2) is 22.6 Å². The van der Waals surface area contributed by atoms with Crippen molar-refractivity contribution in [1.82, 2.24) is 4.90 Å². The number of sulfone groups is 1. The van der Waals surface area contributed by atoms with Crippen LogP contribution in [0.25, 0.3) is 11.0 Å². The van der Waals surface area contributed by atoms with Crippen LogP contribution in [0, 0.1) is 13.8 Å². The summed E-state index contributed by atoms with van der Waals surface area (Å²) in [4.78, 5) is 14.3. The normalized spacial score (nSPS) is 16.7. The smallest absolute Gasteiger partial charge is 0.289 e. The van der Waals surface area contributed by atoms with Crippen LogP contribution < -0.4 is 0 Å². The number of aryl methyl sites for hydroxylation is 2. The third kappa shape index (κ3) is 3.07. The maximum Gasteiger partial charge on any atom is 0.289 e. The number of carbonyl (C=O) groups excluding carboxylic acids is 1. The van der Waals surface area contributed by atoms with Gasteiger partial charge in [0.05, 0.1) is 5.25 Å². The zero-order valence-electron chi connectivity index (χ0n) is 14.3. The summed E-state index contributed by atoms with van der Waals surface area (Å²) >= 11 is 0. The second-order valence-corrected chi connectivity index (χ2v) is 9.10. The molecule has 130 valence electrons. The fraction of sp³-hybridized carbons (Fsp3) is 0.500. The number of carbonyl (C=O) groups is 1. The minimum Gasteiger partial charge on any atom is -0.451 e. The van der Waals surface area contributed by atoms with Gasteiger partial charge in [0.1, 0.15) is 5.58 Å². The first-order valence-corrected chi connectivity index (χ1v) is 10.0. The summed E-state index contributed by atoms with van der Waals surface area (Å²) in [5, 5.41) is 0.595. The molecule has 2 aromatic rings. The molecule has 1 aromatic heterocycles. The van der Waals surface area contributed by atoms with Crippen LogP contribution in [0.2, 0.25) is 0 Å². The predicted octanol–water partition coefficient (Wildman–Crippen LogP) is 3.09. The number of rotatable bonds is 3. The van der Waals surface area contributed by atoms with Crippen molar-refractivity contribution in [2.24, 2.45) is 0 Å². The Balaban J connectivity index is 1.76. The number of hydrogen-bond donors (Lipinski definition) is 0. The van der Waals surface area contributed by atoms with Crippen molar-refractivity contribution in [1.29, 1.82) is 0 Å². The molecule has 24 heavy (non-hydrogen) atoms. The first-order chi connectivity index (χ1) is 11.3. The van der Waals surface area contributed by atoms with Gasteiger partial charge in [0, 0.05) is 24.2 Å². The van der Waals surface area contributed by atoms with Gasteiger partial charge < -0.3 is 9.32 Å². The molecule has 1 aliphatic rings. The van der Waals surface area contributed by atoms with E-state index >= 15 is 0 Å². The van der Waals surface area contributed by atoms with Crippen molar-refractivity contribution in [2.45, 2.75) is 38.9 Å². The van der Waals surface area contributed by atoms with Crippen LogP contribution in [0.3, 0.4) is 0 Å². The Bertz CT molecular complexity index is 835. The topological polar surface area (TPSA) is 67.6 Å². The molecular weight excluding hydrogens is 326 g/mol. The number of furan rings is 1. The Morgan fingerprint density at radius 2 is 1.79 bits per heavy atom. The molecule has 0 N–H and O–H groups in total. The Hall–Kier alpha value is -1.82. The van der Waals surface area contributed by atoms with E-state index in [1.54, 1.807) is 17.9 Å². The van der Waals surface area contributed by atoms with Gasteiger partial charge in [-0.05, 0) is 56.0 Å². The summed E-state index contributed by atoms with van der Waals surface area (Å²) in [6, 6.07) is 5.74. The molecular formula is C18H23NO4S. The third-order valence-corrected chi connectivity index (χ3v) is 7.27. The summed E-state index contributed by atoms with van der Waals surface area (Å²) in [7, 11) is -3.03. The fourth-order valence-corrected chi connectivity index (χ4v) is 4.62.